The number of hydrogen-bond donors (Lipinski definition) is 0. The average molecular weight is 172 g/mol. The molecule has 0 saturated heterocycles. The molecule has 1 heteroatoms. The number of hydrogen-bond acceptors (Lipinski definition) is 0. The Kier molecular flexibility index (Phi) is 2.93. The van der Waals surface area contributed by atoms with Crippen LogP contribution in [-0.4, -0.2) is 0 Å². The Morgan fingerprint density at radius 2 is 1.89 bits per heavy atom. The predicted molar refractivity (Wildman–Crippen MR) is 36.6 cm³/mol. The van der Waals surface area contributed by atoms with Crippen molar-refractivity contribution in [2.75, 3.05) is 0 Å². The average Bonchev–Trinajstić information content (AvgIpc) is 1.91. The van der Waals surface area contributed by atoms with E-state index in [2.05, 4.69) is 37.3 Å². The van der Waals surface area contributed by atoms with Crippen LogP contribution < -0.4 is 4.16 Å². The van der Waals surface area contributed by atoms with Crippen molar-refractivity contribution in [2.24, 2.45) is 0 Å². The maximum atomic E-state index is 2.28. The first-order chi connectivity index (χ1) is 4.43. The van der Waals surface area contributed by atoms with E-state index in [4.69, 9.17) is 0 Å². The molecular formula is C8H10Zn. The van der Waals surface area contributed by atoms with E-state index in [1.807, 2.05) is 0 Å². The second-order valence-electron chi connectivity index (χ2n) is 2.24. The molecular weight excluding hydrogens is 161 g/mol. The predicted octanol–water partition coefficient (Wildman–Crippen LogP) is 1.83. The molecule has 1 rings (SSSR count). The van der Waals surface area contributed by atoms with Gasteiger partial charge in [-0.05, 0) is 0 Å². The fraction of sp³-hybridized carbons (Fsp3) is 0.250. The van der Waals surface area contributed by atoms with Gasteiger partial charge in [-0.3, -0.25) is 0 Å². The van der Waals surface area contributed by atoms with Crippen LogP contribution in [0, 0.1) is 0 Å². The van der Waals surface area contributed by atoms with Crippen molar-refractivity contribution in [3.05, 3.63) is 30.3 Å². The van der Waals surface area contributed by atoms with Gasteiger partial charge in [0.15, 0.2) is 0 Å². The van der Waals surface area contributed by atoms with Gasteiger partial charge in [-0.1, -0.05) is 0 Å². The van der Waals surface area contributed by atoms with E-state index in [1.165, 1.54) is 5.02 Å². The minimum absolute atomic E-state index is 0.290. The molecule has 0 aromatic heterocycles. The first-order valence-electron chi connectivity index (χ1n) is 3.47. The van der Waals surface area contributed by atoms with Crippen LogP contribution in [0.2, 0.25) is 5.02 Å². The van der Waals surface area contributed by atoms with E-state index in [0.29, 0.717) is 0 Å². The SMILES string of the molecule is C[CH2][Zn][c]1ccccc1. The summed E-state index contributed by atoms with van der Waals surface area (Å²) in [4.78, 5) is 0. The normalized spacial score (nSPS) is 8.56. The number of rotatable bonds is 2. The molecule has 0 spiro atoms. The van der Waals surface area contributed by atoms with Gasteiger partial charge in [0.2, 0.25) is 0 Å². The van der Waals surface area contributed by atoms with Gasteiger partial charge in [-0.2, -0.15) is 0 Å². The molecule has 0 heterocycles. The summed E-state index contributed by atoms with van der Waals surface area (Å²) in [6, 6.07) is 10.9. The molecule has 1 aromatic rings. The third-order valence-electron chi connectivity index (χ3n) is 1.38. The zero-order valence-corrected chi connectivity index (χ0v) is 8.77. The summed E-state index contributed by atoms with van der Waals surface area (Å²) >= 11 is -0.290. The summed E-state index contributed by atoms with van der Waals surface area (Å²) < 4.78 is 1.63. The molecule has 0 radical (unpaired) electrons. The van der Waals surface area contributed by atoms with Crippen LogP contribution in [-0.2, 0) is 17.1 Å². The van der Waals surface area contributed by atoms with Gasteiger partial charge in [0.25, 0.3) is 0 Å². The molecule has 0 N–H and O–H groups in total. The molecule has 1 aromatic carbocycles. The molecule has 0 aliphatic rings. The molecule has 0 bridgehead atoms. The van der Waals surface area contributed by atoms with Crippen LogP contribution >= 0.6 is 0 Å². The van der Waals surface area contributed by atoms with Crippen LogP contribution in [0.1, 0.15) is 6.92 Å². The fourth-order valence-corrected chi connectivity index (χ4v) is 3.42. The standard InChI is InChI=1S/C6H5.C2H5.Zn/c1-2-4-6-5-3-1;1-2;/h1-5H;1H2,2H3;. The van der Waals surface area contributed by atoms with Crippen molar-refractivity contribution in [1.29, 1.82) is 0 Å². The third kappa shape index (κ3) is 2.28. The van der Waals surface area contributed by atoms with Gasteiger partial charge < -0.3 is 0 Å². The van der Waals surface area contributed by atoms with Crippen LogP contribution in [0.15, 0.2) is 30.3 Å². The summed E-state index contributed by atoms with van der Waals surface area (Å²) in [7, 11) is 0. The molecule has 0 atom stereocenters. The van der Waals surface area contributed by atoms with E-state index in [0.717, 1.165) is 0 Å². The van der Waals surface area contributed by atoms with Gasteiger partial charge in [-0.25, -0.2) is 0 Å². The molecule has 0 aliphatic heterocycles. The van der Waals surface area contributed by atoms with Crippen molar-refractivity contribution in [3.63, 3.8) is 0 Å². The zero-order valence-electron chi connectivity index (χ0n) is 5.80. The van der Waals surface area contributed by atoms with Gasteiger partial charge in [0.1, 0.15) is 0 Å². The Hall–Kier alpha value is -0.157. The molecule has 9 heavy (non-hydrogen) atoms. The van der Waals surface area contributed by atoms with Gasteiger partial charge >= 0.3 is 63.6 Å². The van der Waals surface area contributed by atoms with Gasteiger partial charge in [0, 0.05) is 0 Å². The van der Waals surface area contributed by atoms with Crippen LogP contribution in [0.3, 0.4) is 0 Å². The van der Waals surface area contributed by atoms with Crippen molar-refractivity contribution in [1.82, 2.24) is 0 Å². The van der Waals surface area contributed by atoms with Crippen molar-refractivity contribution in [3.8, 4) is 0 Å². The molecule has 0 nitrogen and oxygen atoms in total. The van der Waals surface area contributed by atoms with E-state index in [9.17, 15) is 0 Å². The number of benzene rings is 1. The summed E-state index contributed by atoms with van der Waals surface area (Å²) in [5.41, 5.74) is 0. The second-order valence-corrected chi connectivity index (χ2v) is 7.10. The first kappa shape index (κ1) is 6.96. The van der Waals surface area contributed by atoms with Crippen LogP contribution in [0.4, 0.5) is 0 Å². The quantitative estimate of drug-likeness (QED) is 0.596. The second kappa shape index (κ2) is 3.79. The Labute approximate surface area is 63.9 Å². The Morgan fingerprint density at radius 1 is 1.22 bits per heavy atom. The summed E-state index contributed by atoms with van der Waals surface area (Å²) in [5, 5.41) is 1.43. The van der Waals surface area contributed by atoms with Crippen LogP contribution in [0.25, 0.3) is 0 Å². The molecule has 0 amide bonds. The Bertz CT molecular complexity index is 157. The topological polar surface area (TPSA) is 0 Å². The molecule has 44 valence electrons. The first-order valence-corrected chi connectivity index (χ1v) is 7.05. The van der Waals surface area contributed by atoms with E-state index in [-0.39, 0.29) is 17.1 Å². The third-order valence-corrected chi connectivity index (χ3v) is 4.63. The van der Waals surface area contributed by atoms with Gasteiger partial charge in [0.05, 0.1) is 0 Å². The Balaban J connectivity index is 2.61. The Morgan fingerprint density at radius 3 is 2.44 bits per heavy atom. The molecule has 0 aliphatic carbocycles. The fourth-order valence-electron chi connectivity index (χ4n) is 0.933. The summed E-state index contributed by atoms with van der Waals surface area (Å²) in [6.45, 7) is 2.28. The molecule has 0 saturated carbocycles. The van der Waals surface area contributed by atoms with Crippen molar-refractivity contribution >= 4 is 4.16 Å². The van der Waals surface area contributed by atoms with Crippen molar-refractivity contribution in [2.45, 2.75) is 11.9 Å². The maximum absolute atomic E-state index is 2.28. The van der Waals surface area contributed by atoms with E-state index < -0.39 is 0 Å². The molecule has 0 fully saturated rings. The monoisotopic (exact) mass is 170 g/mol. The van der Waals surface area contributed by atoms with Crippen LogP contribution in [0.5, 0.6) is 0 Å². The van der Waals surface area contributed by atoms with E-state index in [1.54, 1.807) is 4.16 Å². The minimum atomic E-state index is -0.290. The molecule has 0 unspecified atom stereocenters. The van der Waals surface area contributed by atoms with E-state index >= 15 is 0 Å². The zero-order chi connectivity index (χ0) is 6.53. The summed E-state index contributed by atoms with van der Waals surface area (Å²) in [5.74, 6) is 0. The summed E-state index contributed by atoms with van der Waals surface area (Å²) in [6.07, 6.45) is 0. The van der Waals surface area contributed by atoms with Gasteiger partial charge in [-0.15, -0.1) is 0 Å². The van der Waals surface area contributed by atoms with Crippen molar-refractivity contribution < 1.29 is 17.1 Å².